The molecular formula is C19H23N5O7S2. The SMILES string of the molecule is CCC(C)C(=O)OCOC(=O)C1=CCS[C@@H]2C(NC(=O)/C(=N\OC)c3csc(N)n3)C(=O)N12. The Kier molecular flexibility index (Phi) is 7.92. The summed E-state index contributed by atoms with van der Waals surface area (Å²) in [6, 6.07) is -0.889. The normalized spacial score (nSPS) is 20.7. The van der Waals surface area contributed by atoms with Gasteiger partial charge < -0.3 is 25.4 Å². The molecule has 178 valence electrons. The number of aromatic nitrogens is 1. The minimum absolute atomic E-state index is 0.0342. The zero-order valence-corrected chi connectivity index (χ0v) is 19.7. The van der Waals surface area contributed by atoms with Crippen LogP contribution in [0.25, 0.3) is 0 Å². The predicted octanol–water partition coefficient (Wildman–Crippen LogP) is 0.450. The molecule has 3 N–H and O–H groups in total. The highest BCUT2D eigenvalue weighted by atomic mass is 32.2. The zero-order chi connectivity index (χ0) is 24.1. The van der Waals surface area contributed by atoms with E-state index in [2.05, 4.69) is 15.5 Å². The highest BCUT2D eigenvalue weighted by Gasteiger charge is 2.53. The highest BCUT2D eigenvalue weighted by molar-refractivity contribution is 8.00. The van der Waals surface area contributed by atoms with Gasteiger partial charge in [-0.2, -0.15) is 0 Å². The summed E-state index contributed by atoms with van der Waals surface area (Å²) in [6.45, 7) is 2.99. The molecule has 2 amide bonds. The molecule has 1 fully saturated rings. The van der Waals surface area contributed by atoms with Crippen LogP contribution < -0.4 is 11.1 Å². The minimum atomic E-state index is -0.889. The fourth-order valence-corrected chi connectivity index (χ4v) is 4.70. The van der Waals surface area contributed by atoms with Crippen LogP contribution >= 0.6 is 23.1 Å². The van der Waals surface area contributed by atoms with Crippen LogP contribution in [0.5, 0.6) is 0 Å². The van der Waals surface area contributed by atoms with E-state index in [1.807, 2.05) is 6.92 Å². The van der Waals surface area contributed by atoms with Gasteiger partial charge in [0.25, 0.3) is 11.8 Å². The minimum Gasteiger partial charge on any atom is -0.428 e. The van der Waals surface area contributed by atoms with E-state index in [1.54, 1.807) is 18.4 Å². The lowest BCUT2D eigenvalue weighted by molar-refractivity contribution is -0.170. The molecule has 33 heavy (non-hydrogen) atoms. The molecule has 0 spiro atoms. The second kappa shape index (κ2) is 10.7. The van der Waals surface area contributed by atoms with Gasteiger partial charge in [0.2, 0.25) is 6.79 Å². The average molecular weight is 498 g/mol. The van der Waals surface area contributed by atoms with Crippen molar-refractivity contribution in [2.24, 2.45) is 11.1 Å². The van der Waals surface area contributed by atoms with Crippen molar-refractivity contribution >= 4 is 57.7 Å². The number of esters is 2. The van der Waals surface area contributed by atoms with Gasteiger partial charge in [0, 0.05) is 11.1 Å². The number of fused-ring (bicyclic) bond motifs is 1. The van der Waals surface area contributed by atoms with E-state index in [9.17, 15) is 19.2 Å². The summed E-state index contributed by atoms with van der Waals surface area (Å²) >= 11 is 2.49. The van der Waals surface area contributed by atoms with E-state index < -0.39 is 42.0 Å². The topological polar surface area (TPSA) is 163 Å². The molecule has 2 aliphatic heterocycles. The summed E-state index contributed by atoms with van der Waals surface area (Å²) in [5, 5.41) is 7.58. The first-order valence-corrected chi connectivity index (χ1v) is 11.8. The molecular weight excluding hydrogens is 474 g/mol. The standard InChI is InChI=1S/C19H23N5O7S2/c1-4-9(2)17(27)30-8-31-18(28)11-5-6-32-16-13(15(26)24(11)16)22-14(25)12(23-29-3)10-7-33-19(20)21-10/h5,7,9,13,16H,4,6,8H2,1-3H3,(H2,20,21)(H,22,25)/b23-12-/t9?,13?,16-/m1/s1. The summed E-state index contributed by atoms with van der Waals surface area (Å²) in [4.78, 5) is 59.6. The maximum absolute atomic E-state index is 12.7. The Labute approximate surface area is 197 Å². The molecule has 3 rings (SSSR count). The molecule has 0 aromatic carbocycles. The average Bonchev–Trinajstić information content (AvgIpc) is 3.24. The number of anilines is 1. The van der Waals surface area contributed by atoms with Gasteiger partial charge in [-0.15, -0.1) is 23.1 Å². The number of hydrogen-bond donors (Lipinski definition) is 2. The van der Waals surface area contributed by atoms with Crippen molar-refractivity contribution in [3.05, 3.63) is 22.8 Å². The van der Waals surface area contributed by atoms with Crippen molar-refractivity contribution in [1.29, 1.82) is 0 Å². The summed E-state index contributed by atoms with van der Waals surface area (Å²) < 4.78 is 9.92. The number of β-lactam (4-membered cyclic amide) rings is 1. The molecule has 0 aliphatic carbocycles. The van der Waals surface area contributed by atoms with Crippen molar-refractivity contribution in [1.82, 2.24) is 15.2 Å². The number of carbonyl (C=O) groups is 4. The Balaban J connectivity index is 1.60. The fourth-order valence-electron chi connectivity index (χ4n) is 2.96. The third-order valence-corrected chi connectivity index (χ3v) is 6.77. The first kappa shape index (κ1) is 24.5. The van der Waals surface area contributed by atoms with E-state index in [0.717, 1.165) is 11.3 Å². The molecule has 3 heterocycles. The van der Waals surface area contributed by atoms with Crippen LogP contribution in [0.2, 0.25) is 0 Å². The third-order valence-electron chi connectivity index (χ3n) is 4.91. The van der Waals surface area contributed by atoms with Gasteiger partial charge in [0.15, 0.2) is 10.8 Å². The maximum Gasteiger partial charge on any atom is 0.357 e. The van der Waals surface area contributed by atoms with Crippen LogP contribution in [0.4, 0.5) is 5.13 Å². The zero-order valence-electron chi connectivity index (χ0n) is 18.1. The Hall–Kier alpha value is -3.13. The summed E-state index contributed by atoms with van der Waals surface area (Å²) in [5.41, 5.74) is 5.74. The number of thioether (sulfide) groups is 1. The lowest BCUT2D eigenvalue weighted by atomic mass is 10.0. The molecule has 12 nitrogen and oxygen atoms in total. The van der Waals surface area contributed by atoms with Crippen LogP contribution in [0.15, 0.2) is 22.3 Å². The quantitative estimate of drug-likeness (QED) is 0.161. The van der Waals surface area contributed by atoms with E-state index in [1.165, 1.54) is 23.8 Å². The maximum atomic E-state index is 12.7. The number of amides is 2. The lowest BCUT2D eigenvalue weighted by Crippen LogP contribution is -2.70. The number of ether oxygens (including phenoxy) is 2. The number of nitrogens with zero attached hydrogens (tertiary/aromatic N) is 3. The summed E-state index contributed by atoms with van der Waals surface area (Å²) in [7, 11) is 1.28. The van der Waals surface area contributed by atoms with Crippen molar-refractivity contribution in [2.75, 3.05) is 25.4 Å². The molecule has 1 saturated heterocycles. The van der Waals surface area contributed by atoms with E-state index in [-0.39, 0.29) is 28.2 Å². The molecule has 3 atom stereocenters. The second-order valence-electron chi connectivity index (χ2n) is 6.99. The predicted molar refractivity (Wildman–Crippen MR) is 120 cm³/mol. The Morgan fingerprint density at radius 2 is 2.15 bits per heavy atom. The van der Waals surface area contributed by atoms with Crippen LogP contribution in [0, 0.1) is 5.92 Å². The first-order valence-electron chi connectivity index (χ1n) is 9.90. The fraction of sp³-hybridized carbons (Fsp3) is 0.474. The third kappa shape index (κ3) is 5.27. The van der Waals surface area contributed by atoms with Gasteiger partial charge in [-0.25, -0.2) is 9.78 Å². The number of nitrogens with two attached hydrogens (primary N) is 1. The first-order chi connectivity index (χ1) is 15.8. The molecule has 2 unspecified atom stereocenters. The Morgan fingerprint density at radius 1 is 1.39 bits per heavy atom. The van der Waals surface area contributed by atoms with Crippen molar-refractivity contribution in [2.45, 2.75) is 31.7 Å². The van der Waals surface area contributed by atoms with Gasteiger partial charge >= 0.3 is 11.9 Å². The van der Waals surface area contributed by atoms with Gasteiger partial charge in [0.1, 0.15) is 29.9 Å². The van der Waals surface area contributed by atoms with Gasteiger partial charge in [-0.05, 0) is 12.5 Å². The number of carbonyl (C=O) groups excluding carboxylic acids is 4. The number of thiazole rings is 1. The van der Waals surface area contributed by atoms with Crippen molar-refractivity contribution < 1.29 is 33.5 Å². The molecule has 2 aliphatic rings. The largest absolute Gasteiger partial charge is 0.428 e. The Bertz CT molecular complexity index is 1010. The van der Waals surface area contributed by atoms with Crippen LogP contribution in [-0.4, -0.2) is 70.4 Å². The molecule has 14 heteroatoms. The van der Waals surface area contributed by atoms with Crippen LogP contribution in [0.1, 0.15) is 26.0 Å². The number of oxime groups is 1. The number of nitrogens with one attached hydrogen (secondary N) is 1. The molecule has 0 saturated carbocycles. The molecule has 0 radical (unpaired) electrons. The van der Waals surface area contributed by atoms with Gasteiger partial charge in [-0.1, -0.05) is 19.0 Å². The van der Waals surface area contributed by atoms with Crippen molar-refractivity contribution in [3.63, 3.8) is 0 Å². The van der Waals surface area contributed by atoms with Gasteiger partial charge in [-0.3, -0.25) is 19.3 Å². The lowest BCUT2D eigenvalue weighted by Gasteiger charge is -2.48. The number of rotatable bonds is 9. The number of nitrogen functional groups attached to an aromatic ring is 1. The number of hydrogen-bond acceptors (Lipinski definition) is 12. The second-order valence-corrected chi connectivity index (χ2v) is 9.03. The highest BCUT2D eigenvalue weighted by Crippen LogP contribution is 2.37. The van der Waals surface area contributed by atoms with Crippen LogP contribution in [-0.2, 0) is 33.5 Å². The Morgan fingerprint density at radius 3 is 2.79 bits per heavy atom. The molecule has 1 aromatic rings. The van der Waals surface area contributed by atoms with Gasteiger partial charge in [0.05, 0.1) is 5.92 Å². The van der Waals surface area contributed by atoms with Crippen molar-refractivity contribution in [3.8, 4) is 0 Å². The monoisotopic (exact) mass is 497 g/mol. The summed E-state index contributed by atoms with van der Waals surface area (Å²) in [5.74, 6) is -2.33. The molecule has 1 aromatic heterocycles. The van der Waals surface area contributed by atoms with Crippen LogP contribution in [0.3, 0.4) is 0 Å². The smallest absolute Gasteiger partial charge is 0.357 e. The molecule has 0 bridgehead atoms. The van der Waals surface area contributed by atoms with E-state index in [0.29, 0.717) is 12.2 Å². The summed E-state index contributed by atoms with van der Waals surface area (Å²) in [6.07, 6.45) is 2.14. The van der Waals surface area contributed by atoms with E-state index >= 15 is 0 Å². The van der Waals surface area contributed by atoms with E-state index in [4.69, 9.17) is 20.0 Å².